The first kappa shape index (κ1) is 20.3. The Hall–Kier alpha value is -3.02. The lowest BCUT2D eigenvalue weighted by atomic mass is 10.2. The molecular weight excluding hydrogens is 412 g/mol. The van der Waals surface area contributed by atoms with Gasteiger partial charge in [0.1, 0.15) is 5.15 Å². The molecular formula is C18H21ClN8O3. The van der Waals surface area contributed by atoms with Gasteiger partial charge in [0.2, 0.25) is 5.95 Å². The lowest BCUT2D eigenvalue weighted by Crippen LogP contribution is -2.37. The van der Waals surface area contributed by atoms with Gasteiger partial charge >= 0.3 is 0 Å². The van der Waals surface area contributed by atoms with Crippen molar-refractivity contribution in [2.45, 2.75) is 0 Å². The minimum absolute atomic E-state index is 0.120. The van der Waals surface area contributed by atoms with Crippen molar-refractivity contribution in [1.82, 2.24) is 29.7 Å². The summed E-state index contributed by atoms with van der Waals surface area (Å²) in [7, 11) is 1.56. The number of amides is 1. The number of nitrogens with two attached hydrogens (primary N) is 1. The van der Waals surface area contributed by atoms with Gasteiger partial charge in [-0.05, 0) is 0 Å². The van der Waals surface area contributed by atoms with E-state index in [-0.39, 0.29) is 22.7 Å². The third-order valence-electron chi connectivity index (χ3n) is 4.62. The predicted molar refractivity (Wildman–Crippen MR) is 111 cm³/mol. The molecule has 4 heterocycles. The number of nitrogens with one attached hydrogen (secondary N) is 1. The summed E-state index contributed by atoms with van der Waals surface area (Å²) in [5.41, 5.74) is 7.45. The molecule has 11 nitrogen and oxygen atoms in total. The Morgan fingerprint density at radius 3 is 2.73 bits per heavy atom. The van der Waals surface area contributed by atoms with Crippen molar-refractivity contribution < 1.29 is 14.3 Å². The summed E-state index contributed by atoms with van der Waals surface area (Å²) in [6, 6.07) is 0. The molecule has 0 radical (unpaired) electrons. The highest BCUT2D eigenvalue weighted by molar-refractivity contribution is 6.33. The van der Waals surface area contributed by atoms with Crippen LogP contribution in [0.2, 0.25) is 5.15 Å². The third-order valence-corrected chi connectivity index (χ3v) is 4.98. The molecule has 4 rings (SSSR count). The second-order valence-electron chi connectivity index (χ2n) is 6.57. The van der Waals surface area contributed by atoms with E-state index in [1.54, 1.807) is 30.1 Å². The van der Waals surface area contributed by atoms with Gasteiger partial charge in [-0.3, -0.25) is 9.20 Å². The van der Waals surface area contributed by atoms with Crippen molar-refractivity contribution in [3.63, 3.8) is 0 Å². The fourth-order valence-corrected chi connectivity index (χ4v) is 3.35. The average Bonchev–Trinajstić information content (AvgIpc) is 3.11. The Morgan fingerprint density at radius 1 is 1.30 bits per heavy atom. The Balaban J connectivity index is 1.81. The molecule has 1 aliphatic rings. The Labute approximate surface area is 177 Å². The number of nitrogen functional groups attached to an aromatic ring is 1. The number of methoxy groups -OCH3 is 1. The minimum Gasteiger partial charge on any atom is -0.383 e. The molecule has 3 aromatic rings. The monoisotopic (exact) mass is 432 g/mol. The number of carbonyl (C=O) groups excluding carboxylic acids is 1. The molecule has 0 bridgehead atoms. The molecule has 1 saturated heterocycles. The number of aromatic nitrogens is 5. The van der Waals surface area contributed by atoms with Gasteiger partial charge in [-0.25, -0.2) is 19.9 Å². The maximum absolute atomic E-state index is 12.6. The van der Waals surface area contributed by atoms with Gasteiger partial charge in [-0.2, -0.15) is 0 Å². The first-order valence-corrected chi connectivity index (χ1v) is 9.72. The average molecular weight is 433 g/mol. The fourth-order valence-electron chi connectivity index (χ4n) is 3.10. The summed E-state index contributed by atoms with van der Waals surface area (Å²) in [6.45, 7) is 3.17. The molecule has 1 amide bonds. The molecule has 0 atom stereocenters. The number of rotatable bonds is 6. The van der Waals surface area contributed by atoms with E-state index >= 15 is 0 Å². The fraction of sp³-hybridized carbons (Fsp3) is 0.389. The third kappa shape index (κ3) is 3.99. The molecule has 1 fully saturated rings. The zero-order valence-electron chi connectivity index (χ0n) is 16.3. The van der Waals surface area contributed by atoms with Crippen molar-refractivity contribution in [3.05, 3.63) is 29.4 Å². The number of nitrogens with zero attached hydrogens (tertiary/aromatic N) is 6. The smallest absolute Gasteiger partial charge is 0.273 e. The Bertz CT molecular complexity index is 1050. The molecule has 0 aliphatic carbocycles. The van der Waals surface area contributed by atoms with E-state index in [1.807, 2.05) is 0 Å². The molecule has 0 saturated carbocycles. The lowest BCUT2D eigenvalue weighted by molar-refractivity contribution is 0.0933. The molecule has 3 N–H and O–H groups in total. The number of hydrogen-bond donors (Lipinski definition) is 2. The van der Waals surface area contributed by atoms with Crippen molar-refractivity contribution in [2.24, 2.45) is 0 Å². The summed E-state index contributed by atoms with van der Waals surface area (Å²) in [5.74, 6) is 0.389. The largest absolute Gasteiger partial charge is 0.383 e. The van der Waals surface area contributed by atoms with E-state index in [2.05, 4.69) is 25.2 Å². The van der Waals surface area contributed by atoms with Crippen LogP contribution in [0.1, 0.15) is 10.5 Å². The van der Waals surface area contributed by atoms with Crippen molar-refractivity contribution >= 4 is 34.9 Å². The number of fused-ring (bicyclic) bond motifs is 1. The summed E-state index contributed by atoms with van der Waals surface area (Å²) < 4.78 is 12.1. The molecule has 30 heavy (non-hydrogen) atoms. The van der Waals surface area contributed by atoms with Crippen LogP contribution in [0.5, 0.6) is 0 Å². The van der Waals surface area contributed by atoms with E-state index in [9.17, 15) is 4.79 Å². The SMILES string of the molecule is COCCNC(=O)c1nc2c(N3CCOCC3)nc(-c3cnc(N)nc3)cn2c1Cl. The number of ether oxygens (including phenoxy) is 2. The van der Waals surface area contributed by atoms with Gasteiger partial charge in [0.05, 0.1) is 25.5 Å². The lowest BCUT2D eigenvalue weighted by Gasteiger charge is -2.28. The van der Waals surface area contributed by atoms with E-state index in [1.165, 1.54) is 0 Å². The zero-order valence-corrected chi connectivity index (χ0v) is 17.1. The number of anilines is 2. The van der Waals surface area contributed by atoms with Crippen LogP contribution in [0.3, 0.4) is 0 Å². The molecule has 158 valence electrons. The van der Waals surface area contributed by atoms with Crippen LogP contribution < -0.4 is 16.0 Å². The summed E-state index contributed by atoms with van der Waals surface area (Å²) >= 11 is 6.55. The van der Waals surface area contributed by atoms with Crippen molar-refractivity contribution in [3.8, 4) is 11.3 Å². The number of carbonyl (C=O) groups is 1. The van der Waals surface area contributed by atoms with Crippen LogP contribution >= 0.6 is 11.6 Å². The van der Waals surface area contributed by atoms with Gasteiger partial charge in [0.25, 0.3) is 5.91 Å². The summed E-state index contributed by atoms with van der Waals surface area (Å²) in [4.78, 5) is 32.0. The second kappa shape index (κ2) is 8.78. The van der Waals surface area contributed by atoms with Gasteiger partial charge in [-0.15, -0.1) is 0 Å². The minimum atomic E-state index is -0.383. The molecule has 0 unspecified atom stereocenters. The number of hydrogen-bond acceptors (Lipinski definition) is 9. The number of morpholine rings is 1. The van der Waals surface area contributed by atoms with Gasteiger partial charge in [0, 0.05) is 50.9 Å². The van der Waals surface area contributed by atoms with E-state index < -0.39 is 0 Å². The topological polar surface area (TPSA) is 133 Å². The number of halogens is 1. The Morgan fingerprint density at radius 2 is 2.03 bits per heavy atom. The van der Waals surface area contributed by atoms with Crippen LogP contribution in [0, 0.1) is 0 Å². The van der Waals surface area contributed by atoms with Crippen LogP contribution in [-0.2, 0) is 9.47 Å². The molecule has 12 heteroatoms. The van der Waals surface area contributed by atoms with Crippen LogP contribution in [-0.4, -0.2) is 76.8 Å². The summed E-state index contributed by atoms with van der Waals surface area (Å²) in [6.07, 6.45) is 4.88. The normalized spacial score (nSPS) is 14.3. The van der Waals surface area contributed by atoms with Gasteiger partial charge in [0.15, 0.2) is 17.2 Å². The quantitative estimate of drug-likeness (QED) is 0.538. The molecule has 0 aromatic carbocycles. The van der Waals surface area contributed by atoms with Crippen LogP contribution in [0.4, 0.5) is 11.8 Å². The highest BCUT2D eigenvalue weighted by Gasteiger charge is 2.24. The first-order chi connectivity index (χ1) is 14.6. The van der Waals surface area contributed by atoms with Crippen LogP contribution in [0.15, 0.2) is 18.6 Å². The van der Waals surface area contributed by atoms with E-state index in [4.69, 9.17) is 31.8 Å². The second-order valence-corrected chi connectivity index (χ2v) is 6.93. The van der Waals surface area contributed by atoms with E-state index in [0.29, 0.717) is 62.2 Å². The predicted octanol–water partition coefficient (Wildman–Crippen LogP) is 0.635. The maximum atomic E-state index is 12.6. The maximum Gasteiger partial charge on any atom is 0.273 e. The molecule has 3 aromatic heterocycles. The standard InChI is InChI=1S/C18H21ClN8O3/c1-29-5-2-21-17(28)13-14(19)27-10-12(11-8-22-18(20)23-9-11)24-15(16(27)25-13)26-3-6-30-7-4-26/h8-10H,2-7H2,1H3,(H,21,28)(H2,20,22,23). The number of imidazole rings is 1. The van der Waals surface area contributed by atoms with E-state index in [0.717, 1.165) is 0 Å². The van der Waals surface area contributed by atoms with Crippen molar-refractivity contribution in [1.29, 1.82) is 0 Å². The molecule has 1 aliphatic heterocycles. The Kier molecular flexibility index (Phi) is 5.93. The molecule has 0 spiro atoms. The van der Waals surface area contributed by atoms with Crippen molar-refractivity contribution in [2.75, 3.05) is 57.2 Å². The van der Waals surface area contributed by atoms with Gasteiger partial charge < -0.3 is 25.4 Å². The zero-order chi connectivity index (χ0) is 21.1. The van der Waals surface area contributed by atoms with Gasteiger partial charge in [-0.1, -0.05) is 11.6 Å². The van der Waals surface area contributed by atoms with Crippen LogP contribution in [0.25, 0.3) is 16.9 Å². The first-order valence-electron chi connectivity index (χ1n) is 9.35. The summed E-state index contributed by atoms with van der Waals surface area (Å²) in [5, 5.41) is 2.93. The highest BCUT2D eigenvalue weighted by Crippen LogP contribution is 2.29. The highest BCUT2D eigenvalue weighted by atomic mass is 35.5.